The topological polar surface area (TPSA) is 46.6 Å². The lowest BCUT2D eigenvalue weighted by molar-refractivity contribution is -0.126. The van der Waals surface area contributed by atoms with Gasteiger partial charge in [0.15, 0.2) is 0 Å². The minimum Gasteiger partial charge on any atom is -0.496 e. The number of ketones is 1. The van der Waals surface area contributed by atoms with Crippen molar-refractivity contribution in [2.75, 3.05) is 20.2 Å². The van der Waals surface area contributed by atoms with E-state index in [4.69, 9.17) is 4.74 Å². The van der Waals surface area contributed by atoms with Gasteiger partial charge in [-0.1, -0.05) is 12.8 Å². The molecule has 2 rings (SSSR count). The number of nitrogens with zero attached hydrogens (tertiary/aromatic N) is 1. The summed E-state index contributed by atoms with van der Waals surface area (Å²) in [6, 6.07) is 5.11. The quantitative estimate of drug-likeness (QED) is 0.629. The molecule has 1 heterocycles. The number of benzene rings is 1. The number of carbonyl (C=O) groups excluding carboxylic acids is 2. The number of amides is 1. The summed E-state index contributed by atoms with van der Waals surface area (Å²) in [7, 11) is 1.59. The molecule has 0 bridgehead atoms. The highest BCUT2D eigenvalue weighted by molar-refractivity contribution is 6.42. The summed E-state index contributed by atoms with van der Waals surface area (Å²) < 4.78 is 5.17. The zero-order chi connectivity index (χ0) is 14.5. The molecule has 0 atom stereocenters. The summed E-state index contributed by atoms with van der Waals surface area (Å²) in [6.07, 6.45) is 4.25. The second-order valence-electron chi connectivity index (χ2n) is 5.22. The standard InChI is InChI=1S/C16H21NO3/c1-12-11-13(7-8-14(12)20-2)15(18)16(19)17-9-5-3-4-6-10-17/h7-8,11H,3-6,9-10H2,1-2H3. The first kappa shape index (κ1) is 14.6. The Morgan fingerprint density at radius 1 is 1.10 bits per heavy atom. The second-order valence-corrected chi connectivity index (χ2v) is 5.22. The van der Waals surface area contributed by atoms with Gasteiger partial charge in [0.05, 0.1) is 7.11 Å². The van der Waals surface area contributed by atoms with Crippen LogP contribution in [0.2, 0.25) is 0 Å². The first-order chi connectivity index (χ1) is 9.63. The zero-order valence-electron chi connectivity index (χ0n) is 12.1. The van der Waals surface area contributed by atoms with E-state index in [1.807, 2.05) is 6.92 Å². The van der Waals surface area contributed by atoms with E-state index in [2.05, 4.69) is 0 Å². The molecule has 108 valence electrons. The fourth-order valence-electron chi connectivity index (χ4n) is 2.56. The van der Waals surface area contributed by atoms with Crippen molar-refractivity contribution in [2.45, 2.75) is 32.6 Å². The lowest BCUT2D eigenvalue weighted by Crippen LogP contribution is -2.37. The van der Waals surface area contributed by atoms with Crippen LogP contribution in [0.1, 0.15) is 41.6 Å². The summed E-state index contributed by atoms with van der Waals surface area (Å²) in [5.74, 6) is -0.0714. The SMILES string of the molecule is COc1ccc(C(=O)C(=O)N2CCCCCC2)cc1C. The van der Waals surface area contributed by atoms with Gasteiger partial charge in [0.2, 0.25) is 5.78 Å². The number of aryl methyl sites for hydroxylation is 1. The number of hydrogen-bond acceptors (Lipinski definition) is 3. The van der Waals surface area contributed by atoms with E-state index >= 15 is 0 Å². The molecule has 1 fully saturated rings. The third kappa shape index (κ3) is 3.18. The van der Waals surface area contributed by atoms with Crippen LogP contribution in [0.15, 0.2) is 18.2 Å². The lowest BCUT2D eigenvalue weighted by atomic mass is 10.1. The zero-order valence-corrected chi connectivity index (χ0v) is 12.1. The van der Waals surface area contributed by atoms with Crippen molar-refractivity contribution in [3.8, 4) is 5.75 Å². The number of Topliss-reactive ketones (excluding diaryl/α,β-unsaturated/α-hetero) is 1. The van der Waals surface area contributed by atoms with Gasteiger partial charge in [-0.2, -0.15) is 0 Å². The molecular formula is C16H21NO3. The molecule has 4 nitrogen and oxygen atoms in total. The molecule has 0 saturated carbocycles. The Bertz CT molecular complexity index is 502. The lowest BCUT2D eigenvalue weighted by Gasteiger charge is -2.19. The van der Waals surface area contributed by atoms with Crippen molar-refractivity contribution < 1.29 is 14.3 Å². The molecular weight excluding hydrogens is 254 g/mol. The van der Waals surface area contributed by atoms with Crippen molar-refractivity contribution >= 4 is 11.7 Å². The first-order valence-electron chi connectivity index (χ1n) is 7.11. The van der Waals surface area contributed by atoms with Crippen molar-refractivity contribution in [2.24, 2.45) is 0 Å². The van der Waals surface area contributed by atoms with Crippen molar-refractivity contribution in [1.29, 1.82) is 0 Å². The molecule has 0 unspecified atom stereocenters. The van der Waals surface area contributed by atoms with Crippen LogP contribution in [0.5, 0.6) is 5.75 Å². The third-order valence-corrected chi connectivity index (χ3v) is 3.74. The average Bonchev–Trinajstić information content (AvgIpc) is 2.74. The van der Waals surface area contributed by atoms with Gasteiger partial charge in [0.1, 0.15) is 5.75 Å². The number of ether oxygens (including phenoxy) is 1. The van der Waals surface area contributed by atoms with E-state index in [0.717, 1.165) is 37.0 Å². The summed E-state index contributed by atoms with van der Waals surface area (Å²) in [5.41, 5.74) is 1.31. The van der Waals surface area contributed by atoms with E-state index in [9.17, 15) is 9.59 Å². The van der Waals surface area contributed by atoms with Gasteiger partial charge >= 0.3 is 0 Å². The molecule has 0 N–H and O–H groups in total. The van der Waals surface area contributed by atoms with Gasteiger partial charge in [-0.05, 0) is 43.5 Å². The van der Waals surface area contributed by atoms with E-state index in [0.29, 0.717) is 18.7 Å². The van der Waals surface area contributed by atoms with Gasteiger partial charge in [-0.25, -0.2) is 0 Å². The Kier molecular flexibility index (Phi) is 4.77. The molecule has 1 aromatic rings. The molecule has 1 aromatic carbocycles. The maximum atomic E-state index is 12.3. The maximum Gasteiger partial charge on any atom is 0.294 e. The Labute approximate surface area is 119 Å². The Balaban J connectivity index is 2.13. The van der Waals surface area contributed by atoms with E-state index in [-0.39, 0.29) is 5.91 Å². The fraction of sp³-hybridized carbons (Fsp3) is 0.500. The predicted octanol–water partition coefficient (Wildman–Crippen LogP) is 2.59. The van der Waals surface area contributed by atoms with Crippen LogP contribution in [0, 0.1) is 6.92 Å². The van der Waals surface area contributed by atoms with E-state index in [1.54, 1.807) is 30.2 Å². The summed E-state index contributed by atoms with van der Waals surface area (Å²) in [6.45, 7) is 3.26. The summed E-state index contributed by atoms with van der Waals surface area (Å²) in [4.78, 5) is 26.2. The molecule has 0 aromatic heterocycles. The fourth-order valence-corrected chi connectivity index (χ4v) is 2.56. The minimum atomic E-state index is -0.419. The second kappa shape index (κ2) is 6.55. The summed E-state index contributed by atoms with van der Waals surface area (Å²) >= 11 is 0. The van der Waals surface area contributed by atoms with Crippen LogP contribution in [0.25, 0.3) is 0 Å². The minimum absolute atomic E-state index is 0.378. The van der Waals surface area contributed by atoms with Crippen LogP contribution in [0.4, 0.5) is 0 Å². The molecule has 1 aliphatic rings. The number of methoxy groups -OCH3 is 1. The average molecular weight is 275 g/mol. The first-order valence-corrected chi connectivity index (χ1v) is 7.11. The smallest absolute Gasteiger partial charge is 0.294 e. The van der Waals surface area contributed by atoms with Gasteiger partial charge in [0.25, 0.3) is 5.91 Å². The number of hydrogen-bond donors (Lipinski definition) is 0. The number of carbonyl (C=O) groups is 2. The van der Waals surface area contributed by atoms with Gasteiger partial charge in [-0.15, -0.1) is 0 Å². The highest BCUT2D eigenvalue weighted by atomic mass is 16.5. The number of likely N-dealkylation sites (tertiary alicyclic amines) is 1. The largest absolute Gasteiger partial charge is 0.496 e. The molecule has 0 aliphatic carbocycles. The van der Waals surface area contributed by atoms with E-state index in [1.165, 1.54) is 0 Å². The van der Waals surface area contributed by atoms with Crippen LogP contribution < -0.4 is 4.74 Å². The van der Waals surface area contributed by atoms with Crippen LogP contribution >= 0.6 is 0 Å². The van der Waals surface area contributed by atoms with Crippen LogP contribution in [-0.2, 0) is 4.79 Å². The Hall–Kier alpha value is -1.84. The van der Waals surface area contributed by atoms with Crippen molar-refractivity contribution in [1.82, 2.24) is 4.90 Å². The van der Waals surface area contributed by atoms with Gasteiger partial charge in [-0.3, -0.25) is 9.59 Å². The maximum absolute atomic E-state index is 12.3. The molecule has 0 spiro atoms. The molecule has 4 heteroatoms. The highest BCUT2D eigenvalue weighted by Gasteiger charge is 2.24. The highest BCUT2D eigenvalue weighted by Crippen LogP contribution is 2.19. The monoisotopic (exact) mass is 275 g/mol. The van der Waals surface area contributed by atoms with Crippen LogP contribution in [-0.4, -0.2) is 36.8 Å². The van der Waals surface area contributed by atoms with Crippen LogP contribution in [0.3, 0.4) is 0 Å². The molecule has 1 aliphatic heterocycles. The number of rotatable bonds is 3. The molecule has 20 heavy (non-hydrogen) atoms. The van der Waals surface area contributed by atoms with E-state index < -0.39 is 5.78 Å². The predicted molar refractivity (Wildman–Crippen MR) is 77.1 cm³/mol. The Morgan fingerprint density at radius 3 is 2.30 bits per heavy atom. The van der Waals surface area contributed by atoms with Crippen molar-refractivity contribution in [3.63, 3.8) is 0 Å². The molecule has 1 saturated heterocycles. The van der Waals surface area contributed by atoms with Gasteiger partial charge in [0, 0.05) is 18.7 Å². The summed E-state index contributed by atoms with van der Waals surface area (Å²) in [5, 5.41) is 0. The Morgan fingerprint density at radius 2 is 1.75 bits per heavy atom. The normalized spacial score (nSPS) is 15.6. The van der Waals surface area contributed by atoms with Crippen molar-refractivity contribution in [3.05, 3.63) is 29.3 Å². The molecule has 0 radical (unpaired) electrons. The van der Waals surface area contributed by atoms with Gasteiger partial charge < -0.3 is 9.64 Å². The molecule has 1 amide bonds. The third-order valence-electron chi connectivity index (χ3n) is 3.74.